The molecular weight excluding hydrogens is 256 g/mol. The molecule has 2 rings (SSSR count). The van der Waals surface area contributed by atoms with Gasteiger partial charge in [0.1, 0.15) is 0 Å². The molecule has 1 fully saturated rings. The predicted octanol–water partition coefficient (Wildman–Crippen LogP) is 4.78. The first-order valence-electron chi connectivity index (χ1n) is 7.61. The smallest absolute Gasteiger partial charge is 0.248 e. The molecule has 1 aromatic carbocycles. The lowest BCUT2D eigenvalue weighted by molar-refractivity contribution is -0.0497. The van der Waals surface area contributed by atoms with Gasteiger partial charge in [-0.3, -0.25) is 0 Å². The number of rotatable bonds is 4. The lowest BCUT2D eigenvalue weighted by Crippen LogP contribution is -2.34. The van der Waals surface area contributed by atoms with Gasteiger partial charge in [-0.05, 0) is 50.3 Å². The van der Waals surface area contributed by atoms with Crippen LogP contribution in [0.3, 0.4) is 0 Å². The number of benzene rings is 1. The van der Waals surface area contributed by atoms with Crippen molar-refractivity contribution in [3.63, 3.8) is 0 Å². The van der Waals surface area contributed by atoms with Gasteiger partial charge in [0.2, 0.25) is 5.92 Å². The Morgan fingerprint density at radius 1 is 1.25 bits per heavy atom. The second-order valence-corrected chi connectivity index (χ2v) is 6.09. The molecule has 112 valence electrons. The highest BCUT2D eigenvalue weighted by Crippen LogP contribution is 2.42. The van der Waals surface area contributed by atoms with E-state index in [-0.39, 0.29) is 18.9 Å². The summed E-state index contributed by atoms with van der Waals surface area (Å²) in [6.45, 7) is 7.14. The van der Waals surface area contributed by atoms with Crippen molar-refractivity contribution in [2.45, 2.75) is 58.4 Å². The molecule has 0 bridgehead atoms. The third-order valence-electron chi connectivity index (χ3n) is 4.43. The van der Waals surface area contributed by atoms with Crippen molar-refractivity contribution in [2.24, 2.45) is 5.92 Å². The zero-order chi connectivity index (χ0) is 14.8. The molecule has 20 heavy (non-hydrogen) atoms. The maximum Gasteiger partial charge on any atom is 0.248 e. The molecule has 0 spiro atoms. The van der Waals surface area contributed by atoms with Crippen LogP contribution in [0.5, 0.6) is 0 Å². The molecule has 0 amide bonds. The van der Waals surface area contributed by atoms with Gasteiger partial charge in [-0.25, -0.2) is 8.78 Å². The molecule has 1 N–H and O–H groups in total. The van der Waals surface area contributed by atoms with Crippen molar-refractivity contribution in [3.05, 3.63) is 34.9 Å². The quantitative estimate of drug-likeness (QED) is 0.837. The van der Waals surface area contributed by atoms with Crippen LogP contribution in [0.4, 0.5) is 8.78 Å². The summed E-state index contributed by atoms with van der Waals surface area (Å²) >= 11 is 0. The molecule has 1 aromatic rings. The molecule has 1 saturated carbocycles. The zero-order valence-electron chi connectivity index (χ0n) is 12.7. The molecular formula is C17H25F2N. The van der Waals surface area contributed by atoms with Crippen molar-refractivity contribution < 1.29 is 8.78 Å². The van der Waals surface area contributed by atoms with E-state index in [1.165, 1.54) is 16.7 Å². The molecule has 0 aliphatic heterocycles. The average molecular weight is 281 g/mol. The second-order valence-electron chi connectivity index (χ2n) is 6.09. The number of nitrogens with one attached hydrogen (secondary N) is 1. The zero-order valence-corrected chi connectivity index (χ0v) is 12.7. The van der Waals surface area contributed by atoms with Gasteiger partial charge in [0.05, 0.1) is 0 Å². The van der Waals surface area contributed by atoms with Crippen LogP contribution in [0.1, 0.15) is 55.3 Å². The van der Waals surface area contributed by atoms with Crippen LogP contribution >= 0.6 is 0 Å². The van der Waals surface area contributed by atoms with E-state index in [4.69, 9.17) is 0 Å². The number of hydrogen-bond acceptors (Lipinski definition) is 1. The molecule has 0 saturated heterocycles. The van der Waals surface area contributed by atoms with E-state index in [1.807, 2.05) is 0 Å². The lowest BCUT2D eigenvalue weighted by Gasteiger charge is -2.35. The van der Waals surface area contributed by atoms with Crippen LogP contribution in [0.15, 0.2) is 18.2 Å². The van der Waals surface area contributed by atoms with E-state index < -0.39 is 5.92 Å². The first-order valence-corrected chi connectivity index (χ1v) is 7.61. The lowest BCUT2D eigenvalue weighted by atomic mass is 9.78. The van der Waals surface area contributed by atoms with Crippen LogP contribution in [0, 0.1) is 19.8 Å². The fourth-order valence-corrected chi connectivity index (χ4v) is 3.24. The summed E-state index contributed by atoms with van der Waals surface area (Å²) < 4.78 is 26.7. The number of halogens is 2. The topological polar surface area (TPSA) is 12.0 Å². The van der Waals surface area contributed by atoms with Gasteiger partial charge in [0, 0.05) is 18.9 Å². The summed E-state index contributed by atoms with van der Waals surface area (Å²) in [5.41, 5.74) is 3.76. The van der Waals surface area contributed by atoms with Crippen molar-refractivity contribution in [1.29, 1.82) is 0 Å². The SMILES string of the molecule is CCNC(c1cc(C)ccc1C)C1CCC(F)(F)CC1. The molecule has 0 heterocycles. The Labute approximate surface area is 120 Å². The third-order valence-corrected chi connectivity index (χ3v) is 4.43. The van der Waals surface area contributed by atoms with Gasteiger partial charge in [-0.1, -0.05) is 30.7 Å². The van der Waals surface area contributed by atoms with Gasteiger partial charge in [-0.2, -0.15) is 0 Å². The van der Waals surface area contributed by atoms with E-state index in [1.54, 1.807) is 0 Å². The second kappa shape index (κ2) is 6.21. The van der Waals surface area contributed by atoms with E-state index in [0.29, 0.717) is 18.8 Å². The monoisotopic (exact) mass is 281 g/mol. The summed E-state index contributed by atoms with van der Waals surface area (Å²) in [6, 6.07) is 6.65. The maximum atomic E-state index is 13.4. The summed E-state index contributed by atoms with van der Waals surface area (Å²) in [5.74, 6) is -2.13. The Bertz CT molecular complexity index is 446. The van der Waals surface area contributed by atoms with Crippen molar-refractivity contribution in [3.8, 4) is 0 Å². The highest BCUT2D eigenvalue weighted by atomic mass is 19.3. The van der Waals surface area contributed by atoms with Crippen LogP contribution < -0.4 is 5.32 Å². The van der Waals surface area contributed by atoms with Crippen LogP contribution in [0.2, 0.25) is 0 Å². The van der Waals surface area contributed by atoms with E-state index in [9.17, 15) is 8.78 Å². The largest absolute Gasteiger partial charge is 0.310 e. The Balaban J connectivity index is 2.21. The fourth-order valence-electron chi connectivity index (χ4n) is 3.24. The molecule has 1 unspecified atom stereocenters. The maximum absolute atomic E-state index is 13.4. The van der Waals surface area contributed by atoms with Crippen LogP contribution in [-0.2, 0) is 0 Å². The molecule has 1 aliphatic carbocycles. The molecule has 1 atom stereocenters. The van der Waals surface area contributed by atoms with Crippen molar-refractivity contribution in [2.75, 3.05) is 6.54 Å². The highest BCUT2D eigenvalue weighted by molar-refractivity contribution is 5.33. The standard InChI is InChI=1S/C17H25F2N/c1-4-20-16(14-7-9-17(18,19)10-8-14)15-11-12(2)5-6-13(15)3/h5-6,11,14,16,20H,4,7-10H2,1-3H3. The van der Waals surface area contributed by atoms with E-state index >= 15 is 0 Å². The average Bonchev–Trinajstić information content (AvgIpc) is 2.40. The molecule has 1 nitrogen and oxygen atoms in total. The van der Waals surface area contributed by atoms with Gasteiger partial charge in [0.15, 0.2) is 0 Å². The minimum atomic E-state index is -2.45. The van der Waals surface area contributed by atoms with Crippen LogP contribution in [0.25, 0.3) is 0 Å². The van der Waals surface area contributed by atoms with Gasteiger partial charge in [-0.15, -0.1) is 0 Å². The van der Waals surface area contributed by atoms with Crippen molar-refractivity contribution >= 4 is 0 Å². The number of aryl methyl sites for hydroxylation is 2. The summed E-state index contributed by atoms with van der Waals surface area (Å²) in [5, 5.41) is 3.52. The minimum Gasteiger partial charge on any atom is -0.310 e. The molecule has 1 aliphatic rings. The molecule has 0 aromatic heterocycles. The van der Waals surface area contributed by atoms with Gasteiger partial charge < -0.3 is 5.32 Å². The normalized spacial score (nSPS) is 20.9. The first kappa shape index (κ1) is 15.4. The van der Waals surface area contributed by atoms with Crippen LogP contribution in [-0.4, -0.2) is 12.5 Å². The van der Waals surface area contributed by atoms with Gasteiger partial charge in [0.25, 0.3) is 0 Å². The minimum absolute atomic E-state index is 0.0322. The van der Waals surface area contributed by atoms with Crippen molar-refractivity contribution in [1.82, 2.24) is 5.32 Å². The third kappa shape index (κ3) is 3.57. The van der Waals surface area contributed by atoms with E-state index in [2.05, 4.69) is 44.3 Å². The molecule has 0 radical (unpaired) electrons. The Kier molecular flexibility index (Phi) is 4.79. The highest BCUT2D eigenvalue weighted by Gasteiger charge is 2.38. The summed E-state index contributed by atoms with van der Waals surface area (Å²) in [4.78, 5) is 0. The number of hydrogen-bond donors (Lipinski definition) is 1. The summed E-state index contributed by atoms with van der Waals surface area (Å²) in [6.07, 6.45) is 1.28. The van der Waals surface area contributed by atoms with Gasteiger partial charge >= 0.3 is 0 Å². The Hall–Kier alpha value is -0.960. The fraction of sp³-hybridized carbons (Fsp3) is 0.647. The Morgan fingerprint density at radius 3 is 2.50 bits per heavy atom. The summed E-state index contributed by atoms with van der Waals surface area (Å²) in [7, 11) is 0. The first-order chi connectivity index (χ1) is 9.43. The molecule has 3 heteroatoms. The Morgan fingerprint density at radius 2 is 1.90 bits per heavy atom. The predicted molar refractivity (Wildman–Crippen MR) is 79.2 cm³/mol. The number of alkyl halides is 2. The van der Waals surface area contributed by atoms with E-state index in [0.717, 1.165) is 6.54 Å².